The van der Waals surface area contributed by atoms with Crippen LogP contribution in [0, 0.1) is 11.3 Å². The second-order valence-corrected chi connectivity index (χ2v) is 5.30. The minimum Gasteiger partial charge on any atom is -0.305 e. The maximum absolute atomic E-state index is 8.68. The Bertz CT molecular complexity index is 366. The Morgan fingerprint density at radius 1 is 1.40 bits per heavy atom. The van der Waals surface area contributed by atoms with Crippen molar-refractivity contribution in [1.29, 1.82) is 5.26 Å². The number of rotatable bonds is 2. The van der Waals surface area contributed by atoms with E-state index in [1.165, 1.54) is 24.4 Å². The summed E-state index contributed by atoms with van der Waals surface area (Å²) in [6.45, 7) is 2.37. The zero-order valence-corrected chi connectivity index (χ0v) is 9.63. The quantitative estimate of drug-likeness (QED) is 0.762. The minimum atomic E-state index is 0.711. The van der Waals surface area contributed by atoms with Crippen LogP contribution in [0.15, 0.2) is 29.2 Å². The zero-order valence-electron chi connectivity index (χ0n) is 8.81. The van der Waals surface area contributed by atoms with Gasteiger partial charge in [-0.3, -0.25) is 0 Å². The van der Waals surface area contributed by atoms with Gasteiger partial charge in [-0.05, 0) is 44.3 Å². The highest BCUT2D eigenvalue weighted by molar-refractivity contribution is 8.00. The normalized spacial score (nSPS) is 21.5. The smallest absolute Gasteiger partial charge is 0.0991 e. The first-order valence-corrected chi connectivity index (χ1v) is 6.01. The molecule has 1 aromatic carbocycles. The fourth-order valence-corrected chi connectivity index (χ4v) is 3.02. The lowest BCUT2D eigenvalue weighted by molar-refractivity contribution is 0.419. The van der Waals surface area contributed by atoms with Crippen molar-refractivity contribution in [2.24, 2.45) is 0 Å². The van der Waals surface area contributed by atoms with Crippen LogP contribution in [0.5, 0.6) is 0 Å². The summed E-state index contributed by atoms with van der Waals surface area (Å²) in [5, 5.41) is 9.40. The third kappa shape index (κ3) is 2.74. The molecule has 2 nitrogen and oxygen atoms in total. The van der Waals surface area contributed by atoms with Gasteiger partial charge in [-0.2, -0.15) is 5.26 Å². The molecule has 2 rings (SSSR count). The van der Waals surface area contributed by atoms with E-state index in [9.17, 15) is 0 Å². The Hall–Kier alpha value is -0.980. The van der Waals surface area contributed by atoms with Gasteiger partial charge in [-0.1, -0.05) is 0 Å². The number of likely N-dealkylation sites (tertiary alicyclic amines) is 1. The number of hydrogen-bond donors (Lipinski definition) is 0. The van der Waals surface area contributed by atoms with Gasteiger partial charge in [0.1, 0.15) is 0 Å². The monoisotopic (exact) mass is 218 g/mol. The van der Waals surface area contributed by atoms with E-state index in [2.05, 4.69) is 18.0 Å². The van der Waals surface area contributed by atoms with Crippen molar-refractivity contribution in [2.45, 2.75) is 16.6 Å². The van der Waals surface area contributed by atoms with Gasteiger partial charge in [0.2, 0.25) is 0 Å². The molecule has 1 fully saturated rings. The molecule has 1 aliphatic rings. The Labute approximate surface area is 94.9 Å². The van der Waals surface area contributed by atoms with E-state index in [0.29, 0.717) is 5.25 Å². The van der Waals surface area contributed by atoms with Crippen molar-refractivity contribution < 1.29 is 0 Å². The summed E-state index contributed by atoms with van der Waals surface area (Å²) in [6, 6.07) is 10.0. The van der Waals surface area contributed by atoms with Gasteiger partial charge in [0.15, 0.2) is 0 Å². The van der Waals surface area contributed by atoms with Crippen LogP contribution in [-0.2, 0) is 0 Å². The van der Waals surface area contributed by atoms with Crippen LogP contribution in [0.3, 0.4) is 0 Å². The molecule has 3 heteroatoms. The van der Waals surface area contributed by atoms with Crippen LogP contribution in [-0.4, -0.2) is 30.3 Å². The van der Waals surface area contributed by atoms with Crippen molar-refractivity contribution in [3.8, 4) is 6.07 Å². The molecule has 0 N–H and O–H groups in total. The van der Waals surface area contributed by atoms with Gasteiger partial charge in [-0.25, -0.2) is 0 Å². The number of nitrogens with zero attached hydrogens (tertiary/aromatic N) is 2. The van der Waals surface area contributed by atoms with Gasteiger partial charge in [0.05, 0.1) is 11.6 Å². The third-order valence-corrected chi connectivity index (χ3v) is 3.90. The molecule has 1 unspecified atom stereocenters. The fraction of sp³-hybridized carbons (Fsp3) is 0.417. The summed E-state index contributed by atoms with van der Waals surface area (Å²) in [5.74, 6) is 0. The van der Waals surface area contributed by atoms with Crippen LogP contribution < -0.4 is 0 Å². The summed E-state index contributed by atoms with van der Waals surface area (Å²) >= 11 is 1.92. The first-order valence-electron chi connectivity index (χ1n) is 5.13. The van der Waals surface area contributed by atoms with Gasteiger partial charge in [0.25, 0.3) is 0 Å². The molecule has 1 atom stereocenters. The average molecular weight is 218 g/mol. The molecule has 0 spiro atoms. The van der Waals surface area contributed by atoms with Crippen LogP contribution in [0.4, 0.5) is 0 Å². The average Bonchev–Trinajstić information content (AvgIpc) is 2.65. The molecule has 0 saturated carbocycles. The molecule has 1 saturated heterocycles. The van der Waals surface area contributed by atoms with Crippen molar-refractivity contribution in [1.82, 2.24) is 4.90 Å². The maximum Gasteiger partial charge on any atom is 0.0991 e. The molecule has 1 heterocycles. The molecule has 0 amide bonds. The first kappa shape index (κ1) is 10.5. The highest BCUT2D eigenvalue weighted by Gasteiger charge is 2.19. The van der Waals surface area contributed by atoms with Gasteiger partial charge < -0.3 is 4.90 Å². The van der Waals surface area contributed by atoms with E-state index in [-0.39, 0.29) is 0 Å². The Kier molecular flexibility index (Phi) is 3.30. The van der Waals surface area contributed by atoms with Crippen molar-refractivity contribution in [3.05, 3.63) is 29.8 Å². The summed E-state index contributed by atoms with van der Waals surface area (Å²) in [4.78, 5) is 3.63. The number of thioether (sulfide) groups is 1. The van der Waals surface area contributed by atoms with E-state index in [0.717, 1.165) is 5.56 Å². The topological polar surface area (TPSA) is 27.0 Å². The third-order valence-electron chi connectivity index (χ3n) is 2.63. The molecular formula is C12H14N2S. The van der Waals surface area contributed by atoms with E-state index in [1.807, 2.05) is 36.0 Å². The van der Waals surface area contributed by atoms with E-state index < -0.39 is 0 Å². The minimum absolute atomic E-state index is 0.711. The predicted octanol–water partition coefficient (Wildman–Crippen LogP) is 2.35. The highest BCUT2D eigenvalue weighted by atomic mass is 32.2. The molecular weight excluding hydrogens is 204 g/mol. The van der Waals surface area contributed by atoms with Crippen LogP contribution in [0.1, 0.15) is 12.0 Å². The summed E-state index contributed by atoms with van der Waals surface area (Å²) < 4.78 is 0. The first-order chi connectivity index (χ1) is 7.28. The Morgan fingerprint density at radius 3 is 2.67 bits per heavy atom. The van der Waals surface area contributed by atoms with Crippen LogP contribution in [0.2, 0.25) is 0 Å². The number of benzene rings is 1. The lowest BCUT2D eigenvalue weighted by atomic mass is 10.2. The second-order valence-electron chi connectivity index (χ2n) is 3.93. The number of hydrogen-bond acceptors (Lipinski definition) is 3. The molecule has 0 radical (unpaired) electrons. The van der Waals surface area contributed by atoms with Crippen LogP contribution >= 0.6 is 11.8 Å². The van der Waals surface area contributed by atoms with E-state index >= 15 is 0 Å². The van der Waals surface area contributed by atoms with Crippen molar-refractivity contribution in [2.75, 3.05) is 20.1 Å². The van der Waals surface area contributed by atoms with Gasteiger partial charge in [0, 0.05) is 16.7 Å². The maximum atomic E-state index is 8.68. The Balaban J connectivity index is 1.96. The van der Waals surface area contributed by atoms with Crippen molar-refractivity contribution >= 4 is 11.8 Å². The number of nitriles is 1. The summed E-state index contributed by atoms with van der Waals surface area (Å²) in [6.07, 6.45) is 1.27. The molecule has 1 aliphatic heterocycles. The fourth-order valence-electron chi connectivity index (χ4n) is 1.79. The highest BCUT2D eigenvalue weighted by Crippen LogP contribution is 2.29. The zero-order chi connectivity index (χ0) is 10.7. The van der Waals surface area contributed by atoms with Gasteiger partial charge in [-0.15, -0.1) is 11.8 Å². The standard InChI is InChI=1S/C12H14N2S/c1-14-7-6-12(9-14)15-11-4-2-10(8-13)3-5-11/h2-5,12H,6-7,9H2,1H3. The molecule has 0 bridgehead atoms. The largest absolute Gasteiger partial charge is 0.305 e. The van der Waals surface area contributed by atoms with Crippen LogP contribution in [0.25, 0.3) is 0 Å². The Morgan fingerprint density at radius 2 is 2.13 bits per heavy atom. The second kappa shape index (κ2) is 4.69. The SMILES string of the molecule is CN1CCC(Sc2ccc(C#N)cc2)C1. The van der Waals surface area contributed by atoms with Crippen molar-refractivity contribution in [3.63, 3.8) is 0 Å². The lowest BCUT2D eigenvalue weighted by Gasteiger charge is -2.09. The predicted molar refractivity (Wildman–Crippen MR) is 62.9 cm³/mol. The summed E-state index contributed by atoms with van der Waals surface area (Å²) in [7, 11) is 2.17. The van der Waals surface area contributed by atoms with E-state index in [4.69, 9.17) is 5.26 Å². The molecule has 0 aromatic heterocycles. The molecule has 78 valence electrons. The molecule has 1 aromatic rings. The van der Waals surface area contributed by atoms with Gasteiger partial charge >= 0.3 is 0 Å². The molecule has 15 heavy (non-hydrogen) atoms. The molecule has 0 aliphatic carbocycles. The summed E-state index contributed by atoms with van der Waals surface area (Å²) in [5.41, 5.74) is 0.739. The van der Waals surface area contributed by atoms with E-state index in [1.54, 1.807) is 0 Å². The lowest BCUT2D eigenvalue weighted by Crippen LogP contribution is -2.14.